The van der Waals surface area contributed by atoms with E-state index in [1.54, 1.807) is 6.07 Å². The molecule has 1 aromatic carbocycles. The Morgan fingerprint density at radius 1 is 1.15 bits per heavy atom. The van der Waals surface area contributed by atoms with E-state index in [0.29, 0.717) is 11.8 Å². The summed E-state index contributed by atoms with van der Waals surface area (Å²) in [5, 5.41) is 3.58. The molecule has 0 spiro atoms. The lowest BCUT2D eigenvalue weighted by atomic mass is 9.77. The third-order valence-electron chi connectivity index (χ3n) is 4.39. The Labute approximate surface area is 117 Å². The fourth-order valence-electron chi connectivity index (χ4n) is 3.47. The van der Waals surface area contributed by atoms with Crippen LogP contribution in [0, 0.1) is 11.7 Å². The molecular weight excluding hydrogens is 251 g/mol. The van der Waals surface area contributed by atoms with Crippen molar-refractivity contribution in [2.24, 2.45) is 5.92 Å². The van der Waals surface area contributed by atoms with Crippen LogP contribution < -0.4 is 5.32 Å². The van der Waals surface area contributed by atoms with E-state index < -0.39 is 0 Å². The molecule has 3 heteroatoms. The average molecular weight is 266 g/mol. The fourth-order valence-corrected chi connectivity index (χ4v) is 3.47. The summed E-state index contributed by atoms with van der Waals surface area (Å²) in [4.78, 5) is 4.09. The van der Waals surface area contributed by atoms with Crippen LogP contribution in [0.2, 0.25) is 0 Å². The minimum Gasteiger partial charge on any atom is -0.378 e. The van der Waals surface area contributed by atoms with Gasteiger partial charge in [0.15, 0.2) is 0 Å². The molecule has 0 radical (unpaired) electrons. The molecule has 1 aromatic heterocycles. The Bertz CT molecular complexity index is 666. The summed E-state index contributed by atoms with van der Waals surface area (Å²) in [5.41, 5.74) is 3.36. The number of pyridine rings is 1. The number of hydrogen-bond acceptors (Lipinski definition) is 2. The van der Waals surface area contributed by atoms with Crippen LogP contribution in [0.25, 0.3) is 0 Å². The summed E-state index contributed by atoms with van der Waals surface area (Å²) >= 11 is 0. The smallest absolute Gasteiger partial charge is 0.123 e. The second-order valence-electron chi connectivity index (χ2n) is 5.49. The molecule has 2 aliphatic rings. The number of allylic oxidation sites excluding steroid dienone is 2. The van der Waals surface area contributed by atoms with Gasteiger partial charge in [-0.3, -0.25) is 4.98 Å². The maximum atomic E-state index is 13.5. The number of anilines is 1. The summed E-state index contributed by atoms with van der Waals surface area (Å²) < 4.78 is 13.5. The quantitative estimate of drug-likeness (QED) is 0.788. The van der Waals surface area contributed by atoms with Gasteiger partial charge < -0.3 is 5.32 Å². The van der Waals surface area contributed by atoms with Crippen LogP contribution in [0.4, 0.5) is 10.1 Å². The van der Waals surface area contributed by atoms with Gasteiger partial charge in [0.1, 0.15) is 5.82 Å². The summed E-state index contributed by atoms with van der Waals surface area (Å²) in [5.74, 6) is 0.596. The van der Waals surface area contributed by atoms with Crippen LogP contribution in [0.1, 0.15) is 29.5 Å². The number of benzene rings is 1. The van der Waals surface area contributed by atoms with Crippen molar-refractivity contribution in [1.82, 2.24) is 4.98 Å². The molecular formula is C17H15FN2. The zero-order valence-electron chi connectivity index (χ0n) is 11.0. The van der Waals surface area contributed by atoms with Crippen LogP contribution in [0.15, 0.2) is 54.9 Å². The molecule has 100 valence electrons. The van der Waals surface area contributed by atoms with Gasteiger partial charge in [0.2, 0.25) is 0 Å². The maximum Gasteiger partial charge on any atom is 0.123 e. The van der Waals surface area contributed by atoms with Crippen molar-refractivity contribution in [1.29, 1.82) is 0 Å². The van der Waals surface area contributed by atoms with Crippen molar-refractivity contribution in [2.45, 2.75) is 18.4 Å². The topological polar surface area (TPSA) is 24.9 Å². The van der Waals surface area contributed by atoms with E-state index in [9.17, 15) is 4.39 Å². The molecule has 2 nitrogen and oxygen atoms in total. The third kappa shape index (κ3) is 1.73. The molecule has 2 unspecified atom stereocenters. The van der Waals surface area contributed by atoms with Gasteiger partial charge in [-0.15, -0.1) is 0 Å². The molecule has 0 bridgehead atoms. The standard InChI is InChI=1S/C17H15FN2/c18-12-4-5-16-15(10-12)13-2-1-3-14(13)17(20-16)11-6-8-19-9-7-11/h1-2,4-10,13-14,17,20H,3H2/t13?,14?,17-/m1/s1. The number of aromatic nitrogens is 1. The van der Waals surface area contributed by atoms with Crippen molar-refractivity contribution in [3.05, 3.63) is 71.8 Å². The van der Waals surface area contributed by atoms with Crippen molar-refractivity contribution in [3.8, 4) is 0 Å². The molecule has 3 atom stereocenters. The Morgan fingerprint density at radius 2 is 2.00 bits per heavy atom. The Balaban J connectivity index is 1.80. The monoisotopic (exact) mass is 266 g/mol. The Kier molecular flexibility index (Phi) is 2.59. The van der Waals surface area contributed by atoms with Crippen LogP contribution >= 0.6 is 0 Å². The molecule has 2 aromatic rings. The molecule has 0 saturated heterocycles. The van der Waals surface area contributed by atoms with E-state index in [4.69, 9.17) is 0 Å². The lowest BCUT2D eigenvalue weighted by Gasteiger charge is -2.37. The highest BCUT2D eigenvalue weighted by molar-refractivity contribution is 5.59. The van der Waals surface area contributed by atoms with Crippen LogP contribution in [0.5, 0.6) is 0 Å². The normalized spacial score (nSPS) is 26.8. The highest BCUT2D eigenvalue weighted by Crippen LogP contribution is 2.49. The first kappa shape index (κ1) is 11.6. The summed E-state index contributed by atoms with van der Waals surface area (Å²) in [7, 11) is 0. The van der Waals surface area contributed by atoms with Gasteiger partial charge in [-0.1, -0.05) is 12.2 Å². The minimum atomic E-state index is -0.160. The molecule has 1 aliphatic heterocycles. The first-order chi connectivity index (χ1) is 9.83. The van der Waals surface area contributed by atoms with Gasteiger partial charge in [-0.25, -0.2) is 4.39 Å². The molecule has 20 heavy (non-hydrogen) atoms. The maximum absolute atomic E-state index is 13.5. The lowest BCUT2D eigenvalue weighted by Crippen LogP contribution is -2.29. The fraction of sp³-hybridized carbons (Fsp3) is 0.235. The second-order valence-corrected chi connectivity index (χ2v) is 5.49. The van der Waals surface area contributed by atoms with Crippen molar-refractivity contribution >= 4 is 5.69 Å². The molecule has 0 fully saturated rings. The zero-order valence-corrected chi connectivity index (χ0v) is 11.0. The number of hydrogen-bond donors (Lipinski definition) is 1. The third-order valence-corrected chi connectivity index (χ3v) is 4.39. The van der Waals surface area contributed by atoms with E-state index in [-0.39, 0.29) is 11.9 Å². The molecule has 2 heterocycles. The summed E-state index contributed by atoms with van der Waals surface area (Å²) in [6, 6.07) is 9.41. The highest BCUT2D eigenvalue weighted by atomic mass is 19.1. The molecule has 0 amide bonds. The van der Waals surface area contributed by atoms with E-state index in [0.717, 1.165) is 17.7 Å². The van der Waals surface area contributed by atoms with E-state index >= 15 is 0 Å². The van der Waals surface area contributed by atoms with E-state index in [1.807, 2.05) is 18.5 Å². The van der Waals surface area contributed by atoms with Gasteiger partial charge in [-0.05, 0) is 53.8 Å². The minimum absolute atomic E-state index is 0.160. The highest BCUT2D eigenvalue weighted by Gasteiger charge is 2.37. The Hall–Kier alpha value is -2.16. The second kappa shape index (κ2) is 4.44. The number of nitrogens with one attached hydrogen (secondary N) is 1. The largest absolute Gasteiger partial charge is 0.378 e. The Morgan fingerprint density at radius 3 is 2.85 bits per heavy atom. The van der Waals surface area contributed by atoms with E-state index in [1.165, 1.54) is 11.6 Å². The summed E-state index contributed by atoms with van der Waals surface area (Å²) in [6.45, 7) is 0. The lowest BCUT2D eigenvalue weighted by molar-refractivity contribution is 0.424. The van der Waals surface area contributed by atoms with Crippen LogP contribution in [0.3, 0.4) is 0 Å². The first-order valence-electron chi connectivity index (χ1n) is 6.95. The summed E-state index contributed by atoms with van der Waals surface area (Å²) in [6.07, 6.45) is 9.12. The number of rotatable bonds is 1. The first-order valence-corrected chi connectivity index (χ1v) is 6.95. The molecule has 1 N–H and O–H groups in total. The number of halogens is 1. The van der Waals surface area contributed by atoms with Gasteiger partial charge in [0, 0.05) is 24.0 Å². The van der Waals surface area contributed by atoms with Gasteiger partial charge >= 0.3 is 0 Å². The SMILES string of the molecule is Fc1ccc2c(c1)C1C=CCC1[C@@H](c1ccncc1)N2. The molecule has 1 aliphatic carbocycles. The molecule has 0 saturated carbocycles. The molecule has 4 rings (SSSR count). The predicted molar refractivity (Wildman–Crippen MR) is 77.0 cm³/mol. The van der Waals surface area contributed by atoms with Gasteiger partial charge in [0.05, 0.1) is 6.04 Å². The van der Waals surface area contributed by atoms with Crippen molar-refractivity contribution < 1.29 is 4.39 Å². The van der Waals surface area contributed by atoms with Gasteiger partial charge in [0.25, 0.3) is 0 Å². The number of fused-ring (bicyclic) bond motifs is 3. The number of nitrogens with zero attached hydrogens (tertiary/aromatic N) is 1. The average Bonchev–Trinajstić information content (AvgIpc) is 2.97. The predicted octanol–water partition coefficient (Wildman–Crippen LogP) is 4.05. The van der Waals surface area contributed by atoms with Crippen molar-refractivity contribution in [2.75, 3.05) is 5.32 Å². The van der Waals surface area contributed by atoms with Crippen LogP contribution in [-0.2, 0) is 0 Å². The van der Waals surface area contributed by atoms with Gasteiger partial charge in [-0.2, -0.15) is 0 Å². The van der Waals surface area contributed by atoms with Crippen molar-refractivity contribution in [3.63, 3.8) is 0 Å². The van der Waals surface area contributed by atoms with E-state index in [2.05, 4.69) is 34.6 Å². The zero-order chi connectivity index (χ0) is 13.5. The van der Waals surface area contributed by atoms with Crippen LogP contribution in [-0.4, -0.2) is 4.98 Å².